The summed E-state index contributed by atoms with van der Waals surface area (Å²) < 4.78 is 24.2. The molecule has 13 heavy (non-hydrogen) atoms. The van der Waals surface area contributed by atoms with Crippen molar-refractivity contribution in [2.75, 3.05) is 0 Å². The summed E-state index contributed by atoms with van der Waals surface area (Å²) in [5.41, 5.74) is 4.93. The average Bonchev–Trinajstić information content (AvgIpc) is 2.08. The Bertz CT molecular complexity index is 304. The van der Waals surface area contributed by atoms with Crippen molar-refractivity contribution in [2.45, 2.75) is 12.5 Å². The number of nitrogens with two attached hydrogens (primary N) is 1. The van der Waals surface area contributed by atoms with Crippen molar-refractivity contribution in [3.05, 3.63) is 23.8 Å². The number of halogens is 2. The molecule has 1 atom stereocenters. The molecule has 0 saturated carbocycles. The van der Waals surface area contributed by atoms with E-state index in [1.54, 1.807) is 0 Å². The van der Waals surface area contributed by atoms with E-state index in [9.17, 15) is 8.78 Å². The first-order chi connectivity index (χ1) is 6.02. The number of hydrogen-bond donors (Lipinski definition) is 3. The summed E-state index contributed by atoms with van der Waals surface area (Å²) in [6, 6.07) is 1.75. The number of benzene rings is 1. The SMILES string of the molecule is N[C@@H](c1cc(O)ccc1O)C(F)F. The molecule has 0 aromatic heterocycles. The molecule has 0 fully saturated rings. The highest BCUT2D eigenvalue weighted by Crippen LogP contribution is 2.29. The smallest absolute Gasteiger partial charge is 0.257 e. The minimum atomic E-state index is -2.77. The van der Waals surface area contributed by atoms with Gasteiger partial charge in [-0.1, -0.05) is 0 Å². The monoisotopic (exact) mass is 189 g/mol. The van der Waals surface area contributed by atoms with E-state index in [4.69, 9.17) is 15.9 Å². The molecule has 0 spiro atoms. The Labute approximate surface area is 73.4 Å². The van der Waals surface area contributed by atoms with Crippen molar-refractivity contribution in [1.29, 1.82) is 0 Å². The molecule has 0 amide bonds. The molecule has 0 saturated heterocycles. The molecular weight excluding hydrogens is 180 g/mol. The van der Waals surface area contributed by atoms with Crippen LogP contribution in [0.3, 0.4) is 0 Å². The molecular formula is C8H9F2NO2. The fraction of sp³-hybridized carbons (Fsp3) is 0.250. The molecule has 5 heteroatoms. The van der Waals surface area contributed by atoms with Gasteiger partial charge in [0.05, 0.1) is 6.04 Å². The number of rotatable bonds is 2. The fourth-order valence-corrected chi connectivity index (χ4v) is 0.945. The van der Waals surface area contributed by atoms with Crippen molar-refractivity contribution in [2.24, 2.45) is 5.73 Å². The van der Waals surface area contributed by atoms with Gasteiger partial charge in [-0.3, -0.25) is 0 Å². The summed E-state index contributed by atoms with van der Waals surface area (Å²) in [6.07, 6.45) is -2.77. The van der Waals surface area contributed by atoms with Crippen LogP contribution in [0.5, 0.6) is 11.5 Å². The summed E-state index contributed by atoms with van der Waals surface area (Å²) in [5.74, 6) is -0.547. The van der Waals surface area contributed by atoms with Crippen molar-refractivity contribution in [3.8, 4) is 11.5 Å². The number of aromatic hydroxyl groups is 2. The van der Waals surface area contributed by atoms with Crippen LogP contribution in [0.2, 0.25) is 0 Å². The highest BCUT2D eigenvalue weighted by Gasteiger charge is 2.20. The molecule has 0 unspecified atom stereocenters. The highest BCUT2D eigenvalue weighted by molar-refractivity contribution is 5.40. The van der Waals surface area contributed by atoms with Crippen molar-refractivity contribution >= 4 is 0 Å². The van der Waals surface area contributed by atoms with E-state index in [1.165, 1.54) is 6.07 Å². The summed E-state index contributed by atoms with van der Waals surface area (Å²) in [4.78, 5) is 0. The predicted molar refractivity (Wildman–Crippen MR) is 42.7 cm³/mol. The molecule has 0 bridgehead atoms. The predicted octanol–water partition coefficient (Wildman–Crippen LogP) is 1.36. The summed E-state index contributed by atoms with van der Waals surface area (Å²) in [6.45, 7) is 0. The number of alkyl halides is 2. The Morgan fingerprint density at radius 3 is 2.38 bits per heavy atom. The molecule has 0 radical (unpaired) electrons. The summed E-state index contributed by atoms with van der Waals surface area (Å²) in [5, 5.41) is 18.1. The van der Waals surface area contributed by atoms with Gasteiger partial charge >= 0.3 is 0 Å². The highest BCUT2D eigenvalue weighted by atomic mass is 19.3. The van der Waals surface area contributed by atoms with Gasteiger partial charge in [-0.2, -0.15) is 0 Å². The average molecular weight is 189 g/mol. The Kier molecular flexibility index (Phi) is 2.67. The van der Waals surface area contributed by atoms with Crippen LogP contribution in [0.15, 0.2) is 18.2 Å². The van der Waals surface area contributed by atoms with Gasteiger partial charge in [-0.15, -0.1) is 0 Å². The van der Waals surface area contributed by atoms with Crippen LogP contribution in [-0.4, -0.2) is 16.6 Å². The van der Waals surface area contributed by atoms with E-state index in [0.717, 1.165) is 12.1 Å². The van der Waals surface area contributed by atoms with Crippen molar-refractivity contribution in [3.63, 3.8) is 0 Å². The Morgan fingerprint density at radius 2 is 1.85 bits per heavy atom. The van der Waals surface area contributed by atoms with Crippen LogP contribution in [0.1, 0.15) is 11.6 Å². The topological polar surface area (TPSA) is 66.5 Å². The van der Waals surface area contributed by atoms with E-state index in [0.29, 0.717) is 0 Å². The largest absolute Gasteiger partial charge is 0.508 e. The molecule has 0 aliphatic rings. The Hall–Kier alpha value is -1.36. The first-order valence-electron chi connectivity index (χ1n) is 3.58. The summed E-state index contributed by atoms with van der Waals surface area (Å²) in [7, 11) is 0. The van der Waals surface area contributed by atoms with Gasteiger partial charge in [0.15, 0.2) is 0 Å². The molecule has 0 aliphatic carbocycles. The summed E-state index contributed by atoms with van der Waals surface area (Å²) >= 11 is 0. The van der Waals surface area contributed by atoms with Gasteiger partial charge in [0.25, 0.3) is 6.43 Å². The third-order valence-electron chi connectivity index (χ3n) is 1.64. The van der Waals surface area contributed by atoms with E-state index in [2.05, 4.69) is 0 Å². The van der Waals surface area contributed by atoms with Crippen LogP contribution in [0.4, 0.5) is 8.78 Å². The number of phenols is 2. The van der Waals surface area contributed by atoms with Crippen LogP contribution < -0.4 is 5.73 Å². The first-order valence-corrected chi connectivity index (χ1v) is 3.58. The van der Waals surface area contributed by atoms with Gasteiger partial charge in [-0.25, -0.2) is 8.78 Å². The van der Waals surface area contributed by atoms with E-state index in [1.807, 2.05) is 0 Å². The van der Waals surface area contributed by atoms with Gasteiger partial charge in [0.1, 0.15) is 11.5 Å². The molecule has 4 N–H and O–H groups in total. The third kappa shape index (κ3) is 2.06. The minimum absolute atomic E-state index is 0.157. The molecule has 1 rings (SSSR count). The van der Waals surface area contributed by atoms with Crippen molar-refractivity contribution in [1.82, 2.24) is 0 Å². The quantitative estimate of drug-likeness (QED) is 0.615. The second kappa shape index (κ2) is 3.57. The lowest BCUT2D eigenvalue weighted by Gasteiger charge is -2.12. The van der Waals surface area contributed by atoms with Crippen LogP contribution >= 0.6 is 0 Å². The maximum absolute atomic E-state index is 12.1. The molecule has 0 aliphatic heterocycles. The molecule has 72 valence electrons. The lowest BCUT2D eigenvalue weighted by atomic mass is 10.1. The van der Waals surface area contributed by atoms with Gasteiger partial charge in [0.2, 0.25) is 0 Å². The van der Waals surface area contributed by atoms with E-state index >= 15 is 0 Å². The molecule has 3 nitrogen and oxygen atoms in total. The second-order valence-electron chi connectivity index (χ2n) is 2.60. The zero-order valence-corrected chi connectivity index (χ0v) is 6.61. The minimum Gasteiger partial charge on any atom is -0.508 e. The lowest BCUT2D eigenvalue weighted by molar-refractivity contribution is 0.115. The second-order valence-corrected chi connectivity index (χ2v) is 2.60. The van der Waals surface area contributed by atoms with Gasteiger partial charge in [0, 0.05) is 5.56 Å². The van der Waals surface area contributed by atoms with Crippen LogP contribution in [0, 0.1) is 0 Å². The molecule has 1 aromatic carbocycles. The standard InChI is InChI=1S/C8H9F2NO2/c9-8(10)7(11)5-3-4(12)1-2-6(5)13/h1-3,7-8,12-13H,11H2/t7-/m0/s1. The Morgan fingerprint density at radius 1 is 1.23 bits per heavy atom. The Balaban J connectivity index is 3.05. The lowest BCUT2D eigenvalue weighted by Crippen LogP contribution is -2.18. The maximum Gasteiger partial charge on any atom is 0.257 e. The third-order valence-corrected chi connectivity index (χ3v) is 1.64. The molecule has 1 aromatic rings. The number of hydrogen-bond acceptors (Lipinski definition) is 3. The van der Waals surface area contributed by atoms with Gasteiger partial charge < -0.3 is 15.9 Å². The zero-order valence-electron chi connectivity index (χ0n) is 6.61. The normalized spacial score (nSPS) is 13.2. The van der Waals surface area contributed by atoms with Crippen molar-refractivity contribution < 1.29 is 19.0 Å². The van der Waals surface area contributed by atoms with Crippen LogP contribution in [0.25, 0.3) is 0 Å². The van der Waals surface area contributed by atoms with Crippen LogP contribution in [-0.2, 0) is 0 Å². The molecule has 0 heterocycles. The van der Waals surface area contributed by atoms with Gasteiger partial charge in [-0.05, 0) is 18.2 Å². The fourth-order valence-electron chi connectivity index (χ4n) is 0.945. The van der Waals surface area contributed by atoms with E-state index < -0.39 is 12.5 Å². The van der Waals surface area contributed by atoms with E-state index in [-0.39, 0.29) is 17.1 Å². The first kappa shape index (κ1) is 9.73. The zero-order chi connectivity index (χ0) is 10.0. The number of phenolic OH excluding ortho intramolecular Hbond substituents is 2. The maximum atomic E-state index is 12.1.